The van der Waals surface area contributed by atoms with Gasteiger partial charge in [-0.3, -0.25) is 0 Å². The first kappa shape index (κ1) is 16.0. The van der Waals surface area contributed by atoms with Crippen LogP contribution in [-0.2, 0) is 11.7 Å². The minimum Gasteiger partial charge on any atom is -0.324 e. The van der Waals surface area contributed by atoms with Gasteiger partial charge in [0.25, 0.3) is 0 Å². The summed E-state index contributed by atoms with van der Waals surface area (Å²) in [5, 5.41) is 3.41. The summed E-state index contributed by atoms with van der Waals surface area (Å²) in [6.45, 7) is 1.85. The van der Waals surface area contributed by atoms with Gasteiger partial charge in [-0.05, 0) is 55.0 Å². The van der Waals surface area contributed by atoms with Gasteiger partial charge >= 0.3 is 6.18 Å². The largest absolute Gasteiger partial charge is 0.416 e. The van der Waals surface area contributed by atoms with Crippen molar-refractivity contribution in [3.05, 3.63) is 46.7 Å². The van der Waals surface area contributed by atoms with Gasteiger partial charge in [0.05, 0.1) is 11.1 Å². The maximum atomic E-state index is 12.9. The summed E-state index contributed by atoms with van der Waals surface area (Å²) >= 11 is 0. The highest BCUT2D eigenvalue weighted by atomic mass is 19.4. The van der Waals surface area contributed by atoms with Crippen molar-refractivity contribution in [2.24, 2.45) is 5.92 Å². The highest BCUT2D eigenvalue weighted by molar-refractivity contribution is 5.44. The van der Waals surface area contributed by atoms with E-state index >= 15 is 0 Å². The molecule has 6 heteroatoms. The van der Waals surface area contributed by atoms with Gasteiger partial charge in [0.15, 0.2) is 0 Å². The third-order valence-corrected chi connectivity index (χ3v) is 5.74. The first-order valence-corrected chi connectivity index (χ1v) is 8.66. The lowest BCUT2D eigenvalue weighted by Gasteiger charge is -2.45. The zero-order valence-corrected chi connectivity index (χ0v) is 13.5. The Balaban J connectivity index is 1.76. The van der Waals surface area contributed by atoms with Gasteiger partial charge in [0, 0.05) is 18.7 Å². The molecule has 3 nitrogen and oxygen atoms in total. The molecule has 0 radical (unpaired) electrons. The van der Waals surface area contributed by atoms with Crippen LogP contribution in [0.5, 0.6) is 0 Å². The number of halogens is 3. The smallest absolute Gasteiger partial charge is 0.324 e. The lowest BCUT2D eigenvalue weighted by Crippen LogP contribution is -2.52. The molecule has 0 saturated heterocycles. The van der Waals surface area contributed by atoms with E-state index in [1.165, 1.54) is 29.8 Å². The molecule has 3 N–H and O–H groups in total. The molecule has 0 bridgehead atoms. The van der Waals surface area contributed by atoms with Crippen molar-refractivity contribution in [3.8, 4) is 0 Å². The maximum Gasteiger partial charge on any atom is 0.416 e. The summed E-state index contributed by atoms with van der Waals surface area (Å²) in [4.78, 5) is 0. The predicted molar refractivity (Wildman–Crippen MR) is 85.9 cm³/mol. The van der Waals surface area contributed by atoms with Crippen molar-refractivity contribution in [2.45, 2.75) is 43.8 Å². The van der Waals surface area contributed by atoms with Gasteiger partial charge in [0.2, 0.25) is 0 Å². The molecule has 0 amide bonds. The van der Waals surface area contributed by atoms with Crippen LogP contribution in [-0.4, -0.2) is 13.1 Å². The molecule has 24 heavy (non-hydrogen) atoms. The molecular weight excluding hydrogens is 315 g/mol. The summed E-state index contributed by atoms with van der Waals surface area (Å²) in [7, 11) is 0. The van der Waals surface area contributed by atoms with E-state index in [2.05, 4.69) is 16.2 Å². The minimum absolute atomic E-state index is 0.357. The zero-order valence-electron chi connectivity index (χ0n) is 13.5. The lowest BCUT2D eigenvalue weighted by atomic mass is 9.64. The Morgan fingerprint density at radius 2 is 1.71 bits per heavy atom. The molecule has 1 aromatic carbocycles. The maximum absolute atomic E-state index is 12.9. The number of rotatable bonds is 2. The fourth-order valence-electron chi connectivity index (χ4n) is 4.27. The molecule has 130 valence electrons. The second kappa shape index (κ2) is 5.77. The number of hydrogen-bond acceptors (Lipinski definition) is 3. The highest BCUT2D eigenvalue weighted by Gasteiger charge is 2.50. The molecule has 2 aliphatic heterocycles. The Labute approximate surface area is 139 Å². The molecular formula is C18H22F3N3. The van der Waals surface area contributed by atoms with Crippen LogP contribution in [0.4, 0.5) is 13.2 Å². The Kier molecular flexibility index (Phi) is 3.84. The molecule has 1 aliphatic carbocycles. The third-order valence-electron chi connectivity index (χ3n) is 5.74. The molecule has 1 unspecified atom stereocenters. The lowest BCUT2D eigenvalue weighted by molar-refractivity contribution is -0.137. The molecule has 0 aromatic heterocycles. The summed E-state index contributed by atoms with van der Waals surface area (Å²) in [5.74, 6) is 0.437. The number of benzene rings is 1. The summed E-state index contributed by atoms with van der Waals surface area (Å²) < 4.78 is 38.7. The Morgan fingerprint density at radius 1 is 1.00 bits per heavy atom. The van der Waals surface area contributed by atoms with Gasteiger partial charge in [0.1, 0.15) is 0 Å². The van der Waals surface area contributed by atoms with Crippen LogP contribution >= 0.6 is 0 Å². The first-order valence-electron chi connectivity index (χ1n) is 8.66. The fourth-order valence-corrected chi connectivity index (χ4v) is 4.27. The molecule has 4 rings (SSSR count). The minimum atomic E-state index is -4.29. The van der Waals surface area contributed by atoms with E-state index in [4.69, 9.17) is 0 Å². The SMILES string of the molecule is FC(F)(F)c1ccc(C2(C3CCC3)NNC3=C2CCNCC3)cc1. The van der Waals surface area contributed by atoms with Gasteiger partial charge in [-0.25, -0.2) is 5.43 Å². The zero-order chi connectivity index (χ0) is 16.8. The van der Waals surface area contributed by atoms with E-state index in [0.717, 1.165) is 44.3 Å². The fraction of sp³-hybridized carbons (Fsp3) is 0.556. The van der Waals surface area contributed by atoms with Crippen molar-refractivity contribution in [1.29, 1.82) is 0 Å². The van der Waals surface area contributed by atoms with Gasteiger partial charge in [-0.1, -0.05) is 18.6 Å². The second-order valence-corrected chi connectivity index (χ2v) is 6.97. The van der Waals surface area contributed by atoms with Crippen LogP contribution in [0.15, 0.2) is 35.5 Å². The van der Waals surface area contributed by atoms with Crippen molar-refractivity contribution in [2.75, 3.05) is 13.1 Å². The van der Waals surface area contributed by atoms with Crippen molar-refractivity contribution in [1.82, 2.24) is 16.2 Å². The molecule has 1 saturated carbocycles. The van der Waals surface area contributed by atoms with Crippen molar-refractivity contribution in [3.63, 3.8) is 0 Å². The molecule has 3 aliphatic rings. The average Bonchev–Trinajstić information content (AvgIpc) is 2.69. The predicted octanol–water partition coefficient (Wildman–Crippen LogP) is 3.45. The Bertz CT molecular complexity index is 646. The topological polar surface area (TPSA) is 36.1 Å². The monoisotopic (exact) mass is 337 g/mol. The molecule has 2 heterocycles. The summed E-state index contributed by atoms with van der Waals surface area (Å²) in [6, 6.07) is 5.74. The normalized spacial score (nSPS) is 28.1. The second-order valence-electron chi connectivity index (χ2n) is 6.97. The van der Waals surface area contributed by atoms with Crippen LogP contribution in [0.25, 0.3) is 0 Å². The van der Waals surface area contributed by atoms with E-state index in [1.54, 1.807) is 12.1 Å². The number of hydrogen-bond donors (Lipinski definition) is 3. The molecule has 1 aromatic rings. The van der Waals surface area contributed by atoms with E-state index in [-0.39, 0.29) is 5.54 Å². The van der Waals surface area contributed by atoms with Crippen LogP contribution in [0.2, 0.25) is 0 Å². The number of nitrogens with one attached hydrogen (secondary N) is 3. The number of hydrazine groups is 1. The van der Waals surface area contributed by atoms with E-state index < -0.39 is 11.7 Å². The van der Waals surface area contributed by atoms with Crippen molar-refractivity contribution < 1.29 is 13.2 Å². The summed E-state index contributed by atoms with van der Waals surface area (Å²) in [6.07, 6.45) is 0.972. The Hall–Kier alpha value is -1.53. The average molecular weight is 337 g/mol. The van der Waals surface area contributed by atoms with Crippen molar-refractivity contribution >= 4 is 0 Å². The van der Waals surface area contributed by atoms with Crippen LogP contribution in [0.1, 0.15) is 43.2 Å². The first-order chi connectivity index (χ1) is 11.5. The van der Waals surface area contributed by atoms with E-state index in [1.807, 2.05) is 0 Å². The standard InChI is InChI=1S/C18H22F3N3/c19-18(20,21)14-6-4-13(5-7-14)17(12-2-1-3-12)15-8-10-22-11-9-16(15)23-24-17/h4-7,12,22-24H,1-3,8-11H2. The highest BCUT2D eigenvalue weighted by Crippen LogP contribution is 2.50. The van der Waals surface area contributed by atoms with Gasteiger partial charge in [-0.15, -0.1) is 0 Å². The summed E-state index contributed by atoms with van der Waals surface area (Å²) in [5.41, 5.74) is 9.38. The van der Waals surface area contributed by atoms with Crippen LogP contribution < -0.4 is 16.2 Å². The van der Waals surface area contributed by atoms with E-state index in [9.17, 15) is 13.2 Å². The number of alkyl halides is 3. The molecule has 1 fully saturated rings. The van der Waals surface area contributed by atoms with Gasteiger partial charge < -0.3 is 10.7 Å². The van der Waals surface area contributed by atoms with Gasteiger partial charge in [-0.2, -0.15) is 13.2 Å². The molecule has 0 spiro atoms. The third kappa shape index (κ3) is 2.43. The molecule has 1 atom stereocenters. The van der Waals surface area contributed by atoms with Crippen LogP contribution in [0.3, 0.4) is 0 Å². The van der Waals surface area contributed by atoms with Crippen LogP contribution in [0, 0.1) is 5.92 Å². The Morgan fingerprint density at radius 3 is 2.33 bits per heavy atom. The quantitative estimate of drug-likeness (QED) is 0.774. The van der Waals surface area contributed by atoms with E-state index in [0.29, 0.717) is 5.92 Å².